The molecule has 0 aliphatic rings. The van der Waals surface area contributed by atoms with Gasteiger partial charge in [0.25, 0.3) is 5.56 Å². The van der Waals surface area contributed by atoms with Crippen molar-refractivity contribution < 1.29 is 27.4 Å². The van der Waals surface area contributed by atoms with Gasteiger partial charge in [-0.05, 0) is 34.1 Å². The van der Waals surface area contributed by atoms with E-state index in [-0.39, 0.29) is 29.7 Å². The minimum atomic E-state index is -4.85. The molecule has 0 bridgehead atoms. The number of hydrogen-bond acceptors (Lipinski definition) is 6. The first kappa shape index (κ1) is 22.3. The van der Waals surface area contributed by atoms with Crippen molar-refractivity contribution >= 4 is 22.2 Å². The summed E-state index contributed by atoms with van der Waals surface area (Å²) in [6, 6.07) is 7.50. The Hall–Kier alpha value is -3.41. The van der Waals surface area contributed by atoms with Gasteiger partial charge in [0.1, 0.15) is 23.8 Å². The van der Waals surface area contributed by atoms with Crippen LogP contribution in [0.5, 0.6) is 17.4 Å². The Labute approximate surface area is 180 Å². The average Bonchev–Trinajstić information content (AvgIpc) is 2.71. The van der Waals surface area contributed by atoms with Crippen molar-refractivity contribution in [2.24, 2.45) is 7.05 Å². The van der Waals surface area contributed by atoms with Crippen molar-refractivity contribution in [3.63, 3.8) is 0 Å². The van der Waals surface area contributed by atoms with Crippen LogP contribution in [-0.2, 0) is 18.0 Å². The minimum absolute atomic E-state index is 0.0106. The van der Waals surface area contributed by atoms with Gasteiger partial charge in [0.05, 0.1) is 16.4 Å². The normalized spacial score (nSPS) is 11.3. The predicted octanol–water partition coefficient (Wildman–Crippen LogP) is 3.08. The zero-order valence-corrected chi connectivity index (χ0v) is 17.3. The third-order valence-electron chi connectivity index (χ3n) is 4.02. The molecule has 8 nitrogen and oxygen atoms in total. The minimum Gasteiger partial charge on any atom is -0.470 e. The lowest BCUT2D eigenvalue weighted by molar-refractivity contribution is -0.144. The Morgan fingerprint density at radius 1 is 1.16 bits per heavy atom. The molecule has 0 saturated carbocycles. The van der Waals surface area contributed by atoms with Crippen LogP contribution in [0.3, 0.4) is 0 Å². The highest BCUT2D eigenvalue weighted by molar-refractivity contribution is 9.10. The number of carbonyl (C=O) groups is 1. The van der Waals surface area contributed by atoms with Crippen LogP contribution in [0.4, 0.5) is 13.2 Å². The lowest BCUT2D eigenvalue weighted by Crippen LogP contribution is -2.40. The van der Waals surface area contributed by atoms with Crippen LogP contribution in [0, 0.1) is 0 Å². The van der Waals surface area contributed by atoms with E-state index in [4.69, 9.17) is 9.47 Å². The van der Waals surface area contributed by atoms with E-state index in [0.29, 0.717) is 26.0 Å². The summed E-state index contributed by atoms with van der Waals surface area (Å²) < 4.78 is 51.2. The van der Waals surface area contributed by atoms with Crippen molar-refractivity contribution in [1.29, 1.82) is 0 Å². The third kappa shape index (κ3) is 4.85. The highest BCUT2D eigenvalue weighted by Crippen LogP contribution is 2.32. The molecule has 0 aliphatic heterocycles. The first-order valence-corrected chi connectivity index (χ1v) is 9.31. The number of carbonyl (C=O) groups excluding carboxylic acids is 1. The van der Waals surface area contributed by atoms with Crippen LogP contribution in [0.25, 0.3) is 5.69 Å². The first-order chi connectivity index (χ1) is 14.6. The van der Waals surface area contributed by atoms with E-state index >= 15 is 0 Å². The summed E-state index contributed by atoms with van der Waals surface area (Å²) in [6.45, 7) is -0.155. The molecular weight excluding hydrogens is 487 g/mol. The number of rotatable bonds is 6. The maximum Gasteiger partial charge on any atom is 0.431 e. The van der Waals surface area contributed by atoms with Crippen LogP contribution in [0.2, 0.25) is 0 Å². The summed E-state index contributed by atoms with van der Waals surface area (Å²) in [6.07, 6.45) is -2.96. The zero-order chi connectivity index (χ0) is 22.8. The highest BCUT2D eigenvalue weighted by atomic mass is 79.9. The molecule has 3 aromatic rings. The van der Waals surface area contributed by atoms with E-state index in [1.54, 1.807) is 0 Å². The number of aldehydes is 1. The second-order valence-corrected chi connectivity index (χ2v) is 6.92. The number of halogens is 4. The number of hydrogen-bond donors (Lipinski definition) is 0. The van der Waals surface area contributed by atoms with Gasteiger partial charge in [-0.2, -0.15) is 13.2 Å². The van der Waals surface area contributed by atoms with Gasteiger partial charge in [-0.15, -0.1) is 0 Å². The van der Waals surface area contributed by atoms with E-state index in [1.165, 1.54) is 36.5 Å². The van der Waals surface area contributed by atoms with Gasteiger partial charge >= 0.3 is 11.9 Å². The maximum atomic E-state index is 13.0. The average molecular weight is 500 g/mol. The third-order valence-corrected chi connectivity index (χ3v) is 4.67. The molecule has 0 unspecified atom stereocenters. The van der Waals surface area contributed by atoms with Crippen LogP contribution in [-0.4, -0.2) is 27.0 Å². The number of pyridine rings is 1. The van der Waals surface area contributed by atoms with Crippen molar-refractivity contribution in [2.45, 2.75) is 6.18 Å². The van der Waals surface area contributed by atoms with Gasteiger partial charge in [0.2, 0.25) is 5.88 Å². The van der Waals surface area contributed by atoms with Crippen LogP contribution in [0.15, 0.2) is 56.7 Å². The van der Waals surface area contributed by atoms with E-state index in [9.17, 15) is 27.6 Å². The fourth-order valence-corrected chi connectivity index (χ4v) is 2.93. The first-order valence-electron chi connectivity index (χ1n) is 8.52. The molecule has 0 N–H and O–H groups in total. The standard InChI is InChI=1S/C19H13BrF3N3O5/c1-25-15(19(21,22)23)9-17(28)26(18(25)29)11-2-4-13(20)14(8-11)31-12-3-5-16(24-10-12)30-7-6-27/h2-6,8-10H,7H2,1H3. The lowest BCUT2D eigenvalue weighted by atomic mass is 10.3. The van der Waals surface area contributed by atoms with E-state index < -0.39 is 23.1 Å². The number of benzene rings is 1. The zero-order valence-electron chi connectivity index (χ0n) is 15.7. The fraction of sp³-hybridized carbons (Fsp3) is 0.158. The van der Waals surface area contributed by atoms with Gasteiger partial charge in [-0.3, -0.25) is 14.2 Å². The smallest absolute Gasteiger partial charge is 0.431 e. The molecule has 1 aromatic carbocycles. The highest BCUT2D eigenvalue weighted by Gasteiger charge is 2.35. The fourth-order valence-electron chi connectivity index (χ4n) is 2.60. The molecule has 0 saturated heterocycles. The molecule has 0 atom stereocenters. The number of alkyl halides is 3. The maximum absolute atomic E-state index is 13.0. The van der Waals surface area contributed by atoms with Gasteiger partial charge in [0.15, 0.2) is 6.29 Å². The predicted molar refractivity (Wildman–Crippen MR) is 106 cm³/mol. The summed E-state index contributed by atoms with van der Waals surface area (Å²) in [4.78, 5) is 39.0. The van der Waals surface area contributed by atoms with Crippen molar-refractivity contribution in [3.05, 3.63) is 73.6 Å². The Morgan fingerprint density at radius 2 is 1.90 bits per heavy atom. The largest absolute Gasteiger partial charge is 0.470 e. The molecule has 2 heterocycles. The SMILES string of the molecule is Cn1c(C(F)(F)F)cc(=O)n(-c2ccc(Br)c(Oc3ccc(OCC=O)nc3)c2)c1=O. The van der Waals surface area contributed by atoms with Gasteiger partial charge < -0.3 is 9.47 Å². The summed E-state index contributed by atoms with van der Waals surface area (Å²) in [5.74, 6) is 0.644. The molecule has 3 rings (SSSR count). The van der Waals surface area contributed by atoms with Crippen molar-refractivity contribution in [3.8, 4) is 23.1 Å². The van der Waals surface area contributed by atoms with E-state index in [0.717, 1.165) is 7.05 Å². The number of nitrogens with zero attached hydrogens (tertiary/aromatic N) is 3. The Balaban J connectivity index is 1.98. The summed E-state index contributed by atoms with van der Waals surface area (Å²) in [5, 5.41) is 0. The van der Waals surface area contributed by atoms with Crippen LogP contribution >= 0.6 is 15.9 Å². The lowest BCUT2D eigenvalue weighted by Gasteiger charge is -2.15. The Bertz CT molecular complexity index is 1240. The number of ether oxygens (including phenoxy) is 2. The molecule has 0 radical (unpaired) electrons. The quantitative estimate of drug-likeness (QED) is 0.484. The topological polar surface area (TPSA) is 92.4 Å². The summed E-state index contributed by atoms with van der Waals surface area (Å²) in [7, 11) is 0.928. The second kappa shape index (κ2) is 8.76. The molecular formula is C19H13BrF3N3O5. The van der Waals surface area contributed by atoms with Crippen molar-refractivity contribution in [1.82, 2.24) is 14.1 Å². The molecule has 12 heteroatoms. The van der Waals surface area contributed by atoms with Gasteiger partial charge in [-0.25, -0.2) is 14.3 Å². The molecule has 0 fully saturated rings. The molecule has 31 heavy (non-hydrogen) atoms. The van der Waals surface area contributed by atoms with Crippen LogP contribution < -0.4 is 20.7 Å². The Kier molecular flexibility index (Phi) is 6.29. The summed E-state index contributed by atoms with van der Waals surface area (Å²) in [5.41, 5.74) is -3.64. The second-order valence-electron chi connectivity index (χ2n) is 6.07. The molecule has 0 aliphatic carbocycles. The molecule has 0 amide bonds. The monoisotopic (exact) mass is 499 g/mol. The van der Waals surface area contributed by atoms with Gasteiger partial charge in [0, 0.05) is 25.2 Å². The number of aromatic nitrogens is 3. The molecule has 162 valence electrons. The van der Waals surface area contributed by atoms with E-state index in [2.05, 4.69) is 20.9 Å². The van der Waals surface area contributed by atoms with E-state index in [1.807, 2.05) is 0 Å². The van der Waals surface area contributed by atoms with Gasteiger partial charge in [-0.1, -0.05) is 0 Å². The van der Waals surface area contributed by atoms with Crippen LogP contribution in [0.1, 0.15) is 5.69 Å². The van der Waals surface area contributed by atoms with Crippen molar-refractivity contribution in [2.75, 3.05) is 6.61 Å². The summed E-state index contributed by atoms with van der Waals surface area (Å²) >= 11 is 3.27. The Morgan fingerprint density at radius 3 is 2.52 bits per heavy atom. The molecule has 0 spiro atoms. The molecule has 2 aromatic heterocycles.